The largest absolute Gasteiger partial charge is 0.466 e. The molecule has 0 aromatic heterocycles. The molecule has 1 aliphatic rings. The van der Waals surface area contributed by atoms with E-state index in [-0.39, 0.29) is 18.5 Å². The standard InChI is InChI=1S/C72H133NO10/c1-3-5-7-9-11-13-14-15-16-17-31-34-37-40-44-48-52-56-60-68(77)81-61-57-53-49-45-41-38-35-32-29-27-25-23-21-19-18-20-22-24-26-28-30-33-36-39-43-47-51-55-59-67(76)73-64(65(75)58-54-50-46-42-12-10-8-6-4-2)63-82-72-71(80)70(79)69(78)66(62-74)83-72/h4,6,12,18-19,42,54,58,64-66,69-72,74-75,78-80H,3,5,7-11,13-17,20-41,43-53,55-57,59-63H2,1-2H3,(H,73,76)/b6-4+,19-18-,42-12+,58-54+. The Kier molecular flexibility index (Phi) is 58.0. The molecule has 11 heteroatoms. The Hall–Kier alpha value is -2.38. The van der Waals surface area contributed by atoms with Crippen LogP contribution in [0, 0.1) is 0 Å². The van der Waals surface area contributed by atoms with Crippen molar-refractivity contribution in [2.24, 2.45) is 0 Å². The molecule has 1 fully saturated rings. The van der Waals surface area contributed by atoms with Gasteiger partial charge in [0.15, 0.2) is 6.29 Å². The van der Waals surface area contributed by atoms with Gasteiger partial charge in [0, 0.05) is 12.8 Å². The van der Waals surface area contributed by atoms with Gasteiger partial charge in [0.2, 0.25) is 5.91 Å². The average molecular weight is 1170 g/mol. The summed E-state index contributed by atoms with van der Waals surface area (Å²) >= 11 is 0. The molecular weight excluding hydrogens is 1040 g/mol. The number of ether oxygens (including phenoxy) is 3. The van der Waals surface area contributed by atoms with E-state index in [0.717, 1.165) is 57.8 Å². The number of carbonyl (C=O) groups is 2. The molecule has 0 bridgehead atoms. The highest BCUT2D eigenvalue weighted by Crippen LogP contribution is 2.23. The van der Waals surface area contributed by atoms with E-state index < -0.39 is 49.5 Å². The van der Waals surface area contributed by atoms with Crippen LogP contribution in [-0.4, -0.2) is 100 Å². The number of hydrogen-bond donors (Lipinski definition) is 6. The second kappa shape index (κ2) is 61.3. The summed E-state index contributed by atoms with van der Waals surface area (Å²) in [4.78, 5) is 25.1. The molecule has 0 saturated carbocycles. The highest BCUT2D eigenvalue weighted by Gasteiger charge is 2.44. The molecule has 1 aliphatic heterocycles. The third kappa shape index (κ3) is 50.3. The van der Waals surface area contributed by atoms with Gasteiger partial charge in [-0.1, -0.05) is 293 Å². The zero-order chi connectivity index (χ0) is 60.2. The molecule has 1 heterocycles. The van der Waals surface area contributed by atoms with Gasteiger partial charge in [0.05, 0.1) is 32.0 Å². The van der Waals surface area contributed by atoms with Crippen LogP contribution >= 0.6 is 0 Å². The third-order valence-corrected chi connectivity index (χ3v) is 16.7. The van der Waals surface area contributed by atoms with Crippen LogP contribution in [0.25, 0.3) is 0 Å². The maximum Gasteiger partial charge on any atom is 0.305 e. The summed E-state index contributed by atoms with van der Waals surface area (Å²) in [5, 5.41) is 54.2. The Balaban J connectivity index is 1.91. The molecule has 0 spiro atoms. The molecule has 1 saturated heterocycles. The number of rotatable bonds is 62. The maximum atomic E-state index is 13.0. The Morgan fingerprint density at radius 2 is 0.831 bits per heavy atom. The van der Waals surface area contributed by atoms with Gasteiger partial charge in [-0.05, 0) is 77.6 Å². The van der Waals surface area contributed by atoms with E-state index in [1.54, 1.807) is 6.08 Å². The normalized spacial score (nSPS) is 18.4. The lowest BCUT2D eigenvalue weighted by atomic mass is 9.99. The summed E-state index contributed by atoms with van der Waals surface area (Å²) in [6, 6.07) is -0.834. The van der Waals surface area contributed by atoms with Gasteiger partial charge in [-0.25, -0.2) is 0 Å². The Labute approximate surface area is 510 Å². The molecule has 6 N–H and O–H groups in total. The summed E-state index contributed by atoms with van der Waals surface area (Å²) in [5.41, 5.74) is 0. The number of hydrogen-bond acceptors (Lipinski definition) is 10. The lowest BCUT2D eigenvalue weighted by molar-refractivity contribution is -0.302. The summed E-state index contributed by atoms with van der Waals surface area (Å²) in [7, 11) is 0. The molecule has 11 nitrogen and oxygen atoms in total. The van der Waals surface area contributed by atoms with E-state index >= 15 is 0 Å². The minimum absolute atomic E-state index is 0.0107. The lowest BCUT2D eigenvalue weighted by Gasteiger charge is -2.40. The van der Waals surface area contributed by atoms with Crippen LogP contribution in [0.1, 0.15) is 335 Å². The van der Waals surface area contributed by atoms with Crippen molar-refractivity contribution in [3.8, 4) is 0 Å². The monoisotopic (exact) mass is 1170 g/mol. The summed E-state index contributed by atoms with van der Waals surface area (Å²) in [6.07, 6.45) is 70.0. The molecule has 7 atom stereocenters. The Bertz CT molecular complexity index is 1520. The molecular formula is C72H133NO10. The molecule has 1 amide bonds. The second-order valence-corrected chi connectivity index (χ2v) is 24.6. The number of aliphatic hydroxyl groups excluding tert-OH is 5. The second-order valence-electron chi connectivity index (χ2n) is 24.6. The van der Waals surface area contributed by atoms with Gasteiger partial charge in [0.25, 0.3) is 0 Å². The summed E-state index contributed by atoms with van der Waals surface area (Å²) in [5.74, 6) is -0.188. The van der Waals surface area contributed by atoms with E-state index in [1.807, 2.05) is 19.1 Å². The first-order chi connectivity index (χ1) is 40.7. The van der Waals surface area contributed by atoms with E-state index in [0.29, 0.717) is 19.4 Å². The van der Waals surface area contributed by atoms with E-state index in [9.17, 15) is 35.1 Å². The number of allylic oxidation sites excluding steroid dienone is 7. The van der Waals surface area contributed by atoms with E-state index in [2.05, 4.69) is 42.6 Å². The number of amides is 1. The first kappa shape index (κ1) is 78.6. The fourth-order valence-electron chi connectivity index (χ4n) is 11.2. The van der Waals surface area contributed by atoms with Crippen LogP contribution in [0.3, 0.4) is 0 Å². The number of esters is 1. The van der Waals surface area contributed by atoms with Crippen molar-refractivity contribution in [2.75, 3.05) is 19.8 Å². The number of carbonyl (C=O) groups excluding carboxylic acids is 2. The molecule has 83 heavy (non-hydrogen) atoms. The molecule has 0 aromatic carbocycles. The van der Waals surface area contributed by atoms with Crippen molar-refractivity contribution in [3.63, 3.8) is 0 Å². The van der Waals surface area contributed by atoms with Gasteiger partial charge in [-0.3, -0.25) is 9.59 Å². The van der Waals surface area contributed by atoms with Gasteiger partial charge in [-0.2, -0.15) is 0 Å². The minimum Gasteiger partial charge on any atom is -0.466 e. The molecule has 0 aliphatic carbocycles. The van der Waals surface area contributed by atoms with Crippen LogP contribution in [0.2, 0.25) is 0 Å². The lowest BCUT2D eigenvalue weighted by Crippen LogP contribution is -2.60. The molecule has 1 rings (SSSR count). The van der Waals surface area contributed by atoms with Gasteiger partial charge in [0.1, 0.15) is 24.4 Å². The van der Waals surface area contributed by atoms with Crippen molar-refractivity contribution < 1.29 is 49.3 Å². The third-order valence-electron chi connectivity index (χ3n) is 16.7. The average Bonchev–Trinajstić information content (AvgIpc) is 3.57. The molecule has 486 valence electrons. The molecule has 0 aromatic rings. The smallest absolute Gasteiger partial charge is 0.305 e. The maximum absolute atomic E-state index is 13.0. The van der Waals surface area contributed by atoms with Crippen LogP contribution in [-0.2, 0) is 23.8 Å². The van der Waals surface area contributed by atoms with Gasteiger partial charge in [-0.15, -0.1) is 0 Å². The first-order valence-electron chi connectivity index (χ1n) is 35.4. The SMILES string of the molecule is C/C=C/CC/C=C/CC/C=C/C(O)C(COC1OC(CO)C(O)C(O)C1O)NC(=O)CCCCCCCCCCCCCC/C=C\CCCCCCCCCCCCCCOC(=O)CCCCCCCCCCCCCCCCCCCC. The summed E-state index contributed by atoms with van der Waals surface area (Å²) < 4.78 is 16.7. The predicted molar refractivity (Wildman–Crippen MR) is 347 cm³/mol. The van der Waals surface area contributed by atoms with Crippen molar-refractivity contribution in [2.45, 2.75) is 378 Å². The van der Waals surface area contributed by atoms with Gasteiger partial charge >= 0.3 is 5.97 Å². The topological polar surface area (TPSA) is 175 Å². The van der Waals surface area contributed by atoms with Crippen molar-refractivity contribution in [3.05, 3.63) is 48.6 Å². The zero-order valence-electron chi connectivity index (χ0n) is 53.9. The first-order valence-corrected chi connectivity index (χ1v) is 35.4. The van der Waals surface area contributed by atoms with E-state index in [4.69, 9.17) is 14.2 Å². The fraction of sp³-hybridized carbons (Fsp3) is 0.861. The highest BCUT2D eigenvalue weighted by atomic mass is 16.7. The highest BCUT2D eigenvalue weighted by molar-refractivity contribution is 5.76. The van der Waals surface area contributed by atoms with Crippen molar-refractivity contribution in [1.82, 2.24) is 5.32 Å². The molecule has 0 radical (unpaired) electrons. The van der Waals surface area contributed by atoms with Crippen LogP contribution in [0.4, 0.5) is 0 Å². The van der Waals surface area contributed by atoms with Crippen LogP contribution in [0.5, 0.6) is 0 Å². The van der Waals surface area contributed by atoms with Crippen molar-refractivity contribution >= 4 is 11.9 Å². The number of aliphatic hydroxyl groups is 5. The number of unbranched alkanes of at least 4 members (excludes halogenated alkanes) is 43. The zero-order valence-corrected chi connectivity index (χ0v) is 53.9. The fourth-order valence-corrected chi connectivity index (χ4v) is 11.2. The summed E-state index contributed by atoms with van der Waals surface area (Å²) in [6.45, 7) is 4.12. The van der Waals surface area contributed by atoms with Crippen molar-refractivity contribution in [1.29, 1.82) is 0 Å². The Morgan fingerprint density at radius 1 is 0.458 bits per heavy atom. The predicted octanol–water partition coefficient (Wildman–Crippen LogP) is 18.0. The van der Waals surface area contributed by atoms with Gasteiger partial charge < -0.3 is 45.1 Å². The van der Waals surface area contributed by atoms with Crippen LogP contribution in [0.15, 0.2) is 48.6 Å². The Morgan fingerprint density at radius 3 is 1.27 bits per heavy atom. The van der Waals surface area contributed by atoms with Crippen LogP contribution < -0.4 is 5.32 Å². The number of nitrogens with one attached hydrogen (secondary N) is 1. The molecule has 7 unspecified atom stereocenters. The minimum atomic E-state index is -1.58. The quantitative estimate of drug-likeness (QED) is 0.0195. The van der Waals surface area contributed by atoms with E-state index in [1.165, 1.54) is 250 Å².